The van der Waals surface area contributed by atoms with Gasteiger partial charge in [0.2, 0.25) is 0 Å². The van der Waals surface area contributed by atoms with Crippen molar-refractivity contribution in [1.29, 1.82) is 0 Å². The molecule has 0 spiro atoms. The maximum atomic E-state index is 12.7. The van der Waals surface area contributed by atoms with Gasteiger partial charge >= 0.3 is 0 Å². The lowest BCUT2D eigenvalue weighted by atomic mass is 9.98. The summed E-state index contributed by atoms with van der Waals surface area (Å²) in [5.74, 6) is 0.427. The Balaban J connectivity index is 1.53. The van der Waals surface area contributed by atoms with Crippen molar-refractivity contribution in [2.45, 2.75) is 31.2 Å². The molecule has 4 rings (SSSR count). The normalized spacial score (nSPS) is 14.9. The Morgan fingerprint density at radius 3 is 2.44 bits per heavy atom. The van der Waals surface area contributed by atoms with E-state index in [4.69, 9.17) is 0 Å². The van der Waals surface area contributed by atoms with Gasteiger partial charge in [-0.1, -0.05) is 60.7 Å². The zero-order chi connectivity index (χ0) is 17.1. The summed E-state index contributed by atoms with van der Waals surface area (Å²) in [4.78, 5) is 12.7. The monoisotopic (exact) mass is 331 g/mol. The van der Waals surface area contributed by atoms with Crippen molar-refractivity contribution >= 4 is 5.91 Å². The van der Waals surface area contributed by atoms with Gasteiger partial charge in [-0.15, -0.1) is 0 Å². The number of H-pyrrole nitrogens is 1. The highest BCUT2D eigenvalue weighted by molar-refractivity contribution is 5.92. The van der Waals surface area contributed by atoms with Gasteiger partial charge < -0.3 is 5.32 Å². The van der Waals surface area contributed by atoms with E-state index in [0.717, 1.165) is 17.7 Å². The largest absolute Gasteiger partial charge is 0.344 e. The summed E-state index contributed by atoms with van der Waals surface area (Å²) in [5.41, 5.74) is 3.83. The first-order chi connectivity index (χ1) is 12.3. The zero-order valence-electron chi connectivity index (χ0n) is 14.0. The minimum absolute atomic E-state index is 0.0859. The van der Waals surface area contributed by atoms with Crippen LogP contribution in [-0.4, -0.2) is 16.1 Å². The van der Waals surface area contributed by atoms with Crippen LogP contribution in [0.25, 0.3) is 0 Å². The van der Waals surface area contributed by atoms with Gasteiger partial charge in [-0.05, 0) is 36.5 Å². The van der Waals surface area contributed by atoms with E-state index in [-0.39, 0.29) is 11.9 Å². The quantitative estimate of drug-likeness (QED) is 0.717. The van der Waals surface area contributed by atoms with Gasteiger partial charge in [0, 0.05) is 11.6 Å². The Hall–Kier alpha value is -2.88. The van der Waals surface area contributed by atoms with Crippen LogP contribution in [0.3, 0.4) is 0 Å². The van der Waals surface area contributed by atoms with Crippen molar-refractivity contribution in [1.82, 2.24) is 15.5 Å². The number of carbonyl (C=O) groups excluding carboxylic acids is 1. The average Bonchev–Trinajstić information content (AvgIpc) is 3.39. The summed E-state index contributed by atoms with van der Waals surface area (Å²) in [5, 5.41) is 10.3. The van der Waals surface area contributed by atoms with E-state index in [9.17, 15) is 4.79 Å². The van der Waals surface area contributed by atoms with Crippen LogP contribution in [0.15, 0.2) is 66.7 Å². The van der Waals surface area contributed by atoms with Crippen LogP contribution in [0.1, 0.15) is 52.1 Å². The first-order valence-electron chi connectivity index (χ1n) is 8.74. The summed E-state index contributed by atoms with van der Waals surface area (Å²) >= 11 is 0. The first-order valence-corrected chi connectivity index (χ1v) is 8.74. The minimum Gasteiger partial charge on any atom is -0.344 e. The molecule has 1 aliphatic rings. The Kier molecular flexibility index (Phi) is 4.34. The molecule has 4 nitrogen and oxygen atoms in total. The predicted molar refractivity (Wildman–Crippen MR) is 97.4 cm³/mol. The van der Waals surface area contributed by atoms with E-state index in [1.807, 2.05) is 54.6 Å². The molecule has 1 heterocycles. The summed E-state index contributed by atoms with van der Waals surface area (Å²) in [6, 6.07) is 22.1. The van der Waals surface area contributed by atoms with Crippen LogP contribution in [0, 0.1) is 0 Å². The second-order valence-electron chi connectivity index (χ2n) is 6.61. The number of hydrogen-bond donors (Lipinski definition) is 2. The van der Waals surface area contributed by atoms with Crippen molar-refractivity contribution in [3.63, 3.8) is 0 Å². The lowest BCUT2D eigenvalue weighted by Gasteiger charge is -2.19. The van der Waals surface area contributed by atoms with Crippen molar-refractivity contribution in [2.24, 2.45) is 0 Å². The molecule has 1 aromatic heterocycles. The number of nitrogens with zero attached hydrogens (tertiary/aromatic N) is 1. The van der Waals surface area contributed by atoms with E-state index in [0.29, 0.717) is 11.6 Å². The van der Waals surface area contributed by atoms with E-state index >= 15 is 0 Å². The predicted octanol–water partition coefficient (Wildman–Crippen LogP) is 4.00. The van der Waals surface area contributed by atoms with Gasteiger partial charge in [-0.3, -0.25) is 9.89 Å². The number of aromatic amines is 1. The summed E-state index contributed by atoms with van der Waals surface area (Å²) < 4.78 is 0. The molecule has 126 valence electrons. The fourth-order valence-corrected chi connectivity index (χ4v) is 3.08. The average molecular weight is 331 g/mol. The van der Waals surface area contributed by atoms with Gasteiger partial charge in [0.15, 0.2) is 0 Å². The highest BCUT2D eigenvalue weighted by Crippen LogP contribution is 2.39. The molecular weight excluding hydrogens is 310 g/mol. The van der Waals surface area contributed by atoms with Crippen LogP contribution < -0.4 is 5.32 Å². The fraction of sp³-hybridized carbons (Fsp3) is 0.238. The lowest BCUT2D eigenvalue weighted by molar-refractivity contribution is 0.0931. The van der Waals surface area contributed by atoms with E-state index in [2.05, 4.69) is 27.6 Å². The van der Waals surface area contributed by atoms with E-state index < -0.39 is 0 Å². The SMILES string of the molecule is O=C(NC(Cc1ccccc1)c1ccccc1)c1cc(C2CC2)[nH]n1. The molecule has 2 N–H and O–H groups in total. The molecule has 0 radical (unpaired) electrons. The third-order valence-corrected chi connectivity index (χ3v) is 4.64. The van der Waals surface area contributed by atoms with E-state index in [1.54, 1.807) is 0 Å². The third-order valence-electron chi connectivity index (χ3n) is 4.64. The maximum Gasteiger partial charge on any atom is 0.272 e. The standard InChI is InChI=1S/C21H21N3O/c25-21(20-14-19(23-24-20)17-11-12-17)22-18(16-9-5-2-6-10-16)13-15-7-3-1-4-8-15/h1-10,14,17-18H,11-13H2,(H,22,25)(H,23,24). The Bertz CT molecular complexity index is 838. The topological polar surface area (TPSA) is 57.8 Å². The van der Waals surface area contributed by atoms with Gasteiger partial charge in [0.1, 0.15) is 5.69 Å². The third kappa shape index (κ3) is 3.79. The van der Waals surface area contributed by atoms with Gasteiger partial charge in [-0.25, -0.2) is 0 Å². The number of carbonyl (C=O) groups is 1. The minimum atomic E-state index is -0.132. The Labute approximate surface area is 147 Å². The summed E-state index contributed by atoms with van der Waals surface area (Å²) in [7, 11) is 0. The molecule has 25 heavy (non-hydrogen) atoms. The van der Waals surface area contributed by atoms with Crippen molar-refractivity contribution in [3.05, 3.63) is 89.2 Å². The zero-order valence-corrected chi connectivity index (χ0v) is 14.0. The molecule has 1 saturated carbocycles. The summed E-state index contributed by atoms with van der Waals surface area (Å²) in [6.07, 6.45) is 3.12. The first kappa shape index (κ1) is 15.6. The number of aromatic nitrogens is 2. The van der Waals surface area contributed by atoms with Crippen molar-refractivity contribution in [2.75, 3.05) is 0 Å². The molecule has 1 atom stereocenters. The van der Waals surface area contributed by atoms with Crippen molar-refractivity contribution < 1.29 is 4.79 Å². The summed E-state index contributed by atoms with van der Waals surface area (Å²) in [6.45, 7) is 0. The fourth-order valence-electron chi connectivity index (χ4n) is 3.08. The number of rotatable bonds is 6. The van der Waals surface area contributed by atoms with Crippen LogP contribution in [-0.2, 0) is 6.42 Å². The number of amides is 1. The number of benzene rings is 2. The molecule has 0 aliphatic heterocycles. The maximum absolute atomic E-state index is 12.7. The molecule has 1 fully saturated rings. The van der Waals surface area contributed by atoms with Gasteiger partial charge in [-0.2, -0.15) is 5.10 Å². The molecule has 0 bridgehead atoms. The van der Waals surface area contributed by atoms with Crippen LogP contribution >= 0.6 is 0 Å². The van der Waals surface area contributed by atoms with Crippen molar-refractivity contribution in [3.8, 4) is 0 Å². The highest BCUT2D eigenvalue weighted by atomic mass is 16.2. The molecular formula is C21H21N3O. The lowest BCUT2D eigenvalue weighted by Crippen LogP contribution is -2.30. The number of nitrogens with one attached hydrogen (secondary N) is 2. The molecule has 2 aromatic carbocycles. The second-order valence-corrected chi connectivity index (χ2v) is 6.61. The van der Waals surface area contributed by atoms with Crippen LogP contribution in [0.2, 0.25) is 0 Å². The molecule has 0 saturated heterocycles. The molecule has 3 aromatic rings. The number of hydrogen-bond acceptors (Lipinski definition) is 2. The van der Waals surface area contributed by atoms with Gasteiger partial charge in [0.25, 0.3) is 5.91 Å². The van der Waals surface area contributed by atoms with Crippen LogP contribution in [0.5, 0.6) is 0 Å². The van der Waals surface area contributed by atoms with E-state index in [1.165, 1.54) is 18.4 Å². The molecule has 1 aliphatic carbocycles. The van der Waals surface area contributed by atoms with Gasteiger partial charge in [0.05, 0.1) is 6.04 Å². The Morgan fingerprint density at radius 2 is 1.76 bits per heavy atom. The molecule has 4 heteroatoms. The highest BCUT2D eigenvalue weighted by Gasteiger charge is 2.27. The molecule has 1 amide bonds. The molecule has 1 unspecified atom stereocenters. The van der Waals surface area contributed by atoms with Crippen LogP contribution in [0.4, 0.5) is 0 Å². The Morgan fingerprint density at radius 1 is 1.08 bits per heavy atom. The smallest absolute Gasteiger partial charge is 0.272 e. The second kappa shape index (κ2) is 6.93.